The number of primary amides is 1. The molecular formula is C26H25N5O4. The molecule has 0 heterocycles. The van der Waals surface area contributed by atoms with Crippen LogP contribution in [0.1, 0.15) is 27.0 Å². The summed E-state index contributed by atoms with van der Waals surface area (Å²) in [5, 5.41) is 16.7. The van der Waals surface area contributed by atoms with Gasteiger partial charge in [-0.25, -0.2) is 4.79 Å². The Bertz CT molecular complexity index is 1220. The fraction of sp³-hybridized carbons (Fsp3) is 0.154. The summed E-state index contributed by atoms with van der Waals surface area (Å²) in [6.45, 7) is 0.361. The summed E-state index contributed by atoms with van der Waals surface area (Å²) < 4.78 is 5.78. The zero-order valence-corrected chi connectivity index (χ0v) is 18.9. The second-order valence-electron chi connectivity index (χ2n) is 7.62. The molecule has 9 heteroatoms. The van der Waals surface area contributed by atoms with Crippen molar-refractivity contribution in [2.75, 3.05) is 11.9 Å². The number of nitrogens with two attached hydrogens (primary N) is 1. The van der Waals surface area contributed by atoms with Crippen LogP contribution in [0.25, 0.3) is 0 Å². The van der Waals surface area contributed by atoms with Crippen molar-refractivity contribution in [2.45, 2.75) is 19.6 Å². The van der Waals surface area contributed by atoms with E-state index < -0.39 is 11.8 Å². The maximum atomic E-state index is 12.3. The molecule has 0 saturated carbocycles. The Morgan fingerprint density at radius 3 is 2.29 bits per heavy atom. The summed E-state index contributed by atoms with van der Waals surface area (Å²) in [5.74, 6) is -0.328. The number of rotatable bonds is 10. The number of benzene rings is 3. The molecule has 3 aromatic rings. The summed E-state index contributed by atoms with van der Waals surface area (Å²) in [5.41, 5.74) is 8.63. The number of nitriles is 1. The summed E-state index contributed by atoms with van der Waals surface area (Å²) in [6.07, 6.45) is 0.358. The average Bonchev–Trinajstić information content (AvgIpc) is 2.86. The van der Waals surface area contributed by atoms with Crippen molar-refractivity contribution in [2.24, 2.45) is 5.73 Å². The van der Waals surface area contributed by atoms with E-state index in [1.807, 2.05) is 42.5 Å². The van der Waals surface area contributed by atoms with Crippen LogP contribution >= 0.6 is 0 Å². The van der Waals surface area contributed by atoms with Gasteiger partial charge in [-0.2, -0.15) is 5.26 Å². The van der Waals surface area contributed by atoms with Gasteiger partial charge < -0.3 is 26.4 Å². The highest BCUT2D eigenvalue weighted by atomic mass is 16.5. The first-order chi connectivity index (χ1) is 16.9. The fourth-order valence-corrected chi connectivity index (χ4v) is 3.10. The lowest BCUT2D eigenvalue weighted by atomic mass is 10.1. The number of anilines is 1. The molecular weight excluding hydrogens is 446 g/mol. The highest BCUT2D eigenvalue weighted by molar-refractivity contribution is 5.96. The number of carbonyl (C=O) groups is 3. The van der Waals surface area contributed by atoms with Gasteiger partial charge in [-0.05, 0) is 53.1 Å². The van der Waals surface area contributed by atoms with Crippen LogP contribution < -0.4 is 26.4 Å². The summed E-state index contributed by atoms with van der Waals surface area (Å²) in [4.78, 5) is 35.0. The molecule has 0 aliphatic carbocycles. The van der Waals surface area contributed by atoms with Gasteiger partial charge in [-0.15, -0.1) is 0 Å². The molecule has 5 N–H and O–H groups in total. The van der Waals surface area contributed by atoms with E-state index in [4.69, 9.17) is 15.7 Å². The van der Waals surface area contributed by atoms with E-state index in [9.17, 15) is 14.4 Å². The van der Waals surface area contributed by atoms with Crippen molar-refractivity contribution in [1.29, 1.82) is 5.26 Å². The molecule has 0 aromatic heterocycles. The zero-order chi connectivity index (χ0) is 25.0. The van der Waals surface area contributed by atoms with Crippen LogP contribution in [0.15, 0.2) is 72.8 Å². The summed E-state index contributed by atoms with van der Waals surface area (Å²) in [7, 11) is 0. The van der Waals surface area contributed by atoms with Crippen molar-refractivity contribution < 1.29 is 19.1 Å². The standard InChI is InChI=1S/C26H25N5O4/c27-13-12-18-6-10-23(11-7-18)35-17-20-2-1-3-22(14-20)31-26(34)30-15-19-4-8-21(9-5-19)25(33)29-16-24(28)32/h1-11,14H,12,15-17H2,(H2,28,32)(H,29,33)(H2,30,31,34). The van der Waals surface area contributed by atoms with E-state index in [0.717, 1.165) is 16.7 Å². The highest BCUT2D eigenvalue weighted by Gasteiger charge is 2.07. The first-order valence-corrected chi connectivity index (χ1v) is 10.8. The fourth-order valence-electron chi connectivity index (χ4n) is 3.10. The second kappa shape index (κ2) is 12.4. The molecule has 4 amide bonds. The Balaban J connectivity index is 1.46. The van der Waals surface area contributed by atoms with E-state index in [0.29, 0.717) is 30.0 Å². The van der Waals surface area contributed by atoms with Crippen LogP contribution in [0.2, 0.25) is 0 Å². The minimum absolute atomic E-state index is 0.230. The molecule has 35 heavy (non-hydrogen) atoms. The van der Waals surface area contributed by atoms with E-state index in [1.54, 1.807) is 30.3 Å². The minimum atomic E-state index is -0.620. The first kappa shape index (κ1) is 24.8. The van der Waals surface area contributed by atoms with Gasteiger partial charge >= 0.3 is 6.03 Å². The number of nitrogens with zero attached hydrogens (tertiary/aromatic N) is 1. The number of carbonyl (C=O) groups excluding carboxylic acids is 3. The third-order valence-electron chi connectivity index (χ3n) is 4.89. The highest BCUT2D eigenvalue weighted by Crippen LogP contribution is 2.16. The monoisotopic (exact) mass is 471 g/mol. The Hall–Kier alpha value is -4.84. The Morgan fingerprint density at radius 1 is 0.886 bits per heavy atom. The van der Waals surface area contributed by atoms with Gasteiger partial charge in [0.15, 0.2) is 0 Å². The van der Waals surface area contributed by atoms with E-state index >= 15 is 0 Å². The van der Waals surface area contributed by atoms with Gasteiger partial charge in [0.2, 0.25) is 5.91 Å². The number of hydrogen-bond donors (Lipinski definition) is 4. The smallest absolute Gasteiger partial charge is 0.319 e. The quantitative estimate of drug-likeness (QED) is 0.359. The largest absolute Gasteiger partial charge is 0.489 e. The molecule has 0 unspecified atom stereocenters. The predicted octanol–water partition coefficient (Wildman–Crippen LogP) is 2.87. The molecule has 0 radical (unpaired) electrons. The number of nitrogens with one attached hydrogen (secondary N) is 3. The topological polar surface area (TPSA) is 146 Å². The maximum Gasteiger partial charge on any atom is 0.319 e. The third kappa shape index (κ3) is 8.22. The molecule has 178 valence electrons. The molecule has 0 aliphatic heterocycles. The van der Waals surface area contributed by atoms with Gasteiger partial charge in [0, 0.05) is 17.8 Å². The normalized spacial score (nSPS) is 10.0. The molecule has 0 saturated heterocycles. The molecule has 9 nitrogen and oxygen atoms in total. The van der Waals surface area contributed by atoms with Crippen LogP contribution in [-0.4, -0.2) is 24.4 Å². The minimum Gasteiger partial charge on any atom is -0.489 e. The van der Waals surface area contributed by atoms with Crippen LogP contribution in [0, 0.1) is 11.3 Å². The van der Waals surface area contributed by atoms with Gasteiger partial charge in [0.1, 0.15) is 12.4 Å². The second-order valence-corrected chi connectivity index (χ2v) is 7.62. The van der Waals surface area contributed by atoms with Crippen molar-refractivity contribution in [1.82, 2.24) is 10.6 Å². The zero-order valence-electron chi connectivity index (χ0n) is 18.9. The van der Waals surface area contributed by atoms with E-state index in [2.05, 4.69) is 22.0 Å². The molecule has 0 spiro atoms. The molecule has 0 bridgehead atoms. The van der Waals surface area contributed by atoms with Crippen molar-refractivity contribution in [3.8, 4) is 11.8 Å². The van der Waals surface area contributed by atoms with Crippen LogP contribution in [0.3, 0.4) is 0 Å². The third-order valence-corrected chi connectivity index (χ3v) is 4.89. The van der Waals surface area contributed by atoms with Crippen LogP contribution in [-0.2, 0) is 24.4 Å². The van der Waals surface area contributed by atoms with Crippen molar-refractivity contribution >= 4 is 23.5 Å². The molecule has 0 atom stereocenters. The van der Waals surface area contributed by atoms with Gasteiger partial charge in [0.05, 0.1) is 19.0 Å². The van der Waals surface area contributed by atoms with Gasteiger partial charge in [-0.1, -0.05) is 36.4 Å². The molecule has 3 aromatic carbocycles. The van der Waals surface area contributed by atoms with Crippen LogP contribution in [0.5, 0.6) is 5.75 Å². The SMILES string of the molecule is N#CCc1ccc(OCc2cccc(NC(=O)NCc3ccc(C(=O)NCC(N)=O)cc3)c2)cc1. The number of amides is 4. The number of hydrogen-bond acceptors (Lipinski definition) is 5. The summed E-state index contributed by atoms with van der Waals surface area (Å²) >= 11 is 0. The first-order valence-electron chi connectivity index (χ1n) is 10.8. The molecule has 0 fully saturated rings. The van der Waals surface area contributed by atoms with Gasteiger partial charge in [0.25, 0.3) is 5.91 Å². The van der Waals surface area contributed by atoms with Crippen molar-refractivity contribution in [3.05, 3.63) is 95.1 Å². The van der Waals surface area contributed by atoms with E-state index in [1.165, 1.54) is 0 Å². The predicted molar refractivity (Wildman–Crippen MR) is 130 cm³/mol. The number of ether oxygens (including phenoxy) is 1. The van der Waals surface area contributed by atoms with E-state index in [-0.39, 0.29) is 19.1 Å². The Morgan fingerprint density at radius 2 is 1.60 bits per heavy atom. The lowest BCUT2D eigenvalue weighted by molar-refractivity contribution is -0.117. The molecule has 0 aliphatic rings. The Kier molecular flexibility index (Phi) is 8.79. The molecule has 3 rings (SSSR count). The lowest BCUT2D eigenvalue weighted by Crippen LogP contribution is -2.33. The lowest BCUT2D eigenvalue weighted by Gasteiger charge is -2.11. The van der Waals surface area contributed by atoms with Crippen molar-refractivity contribution in [3.63, 3.8) is 0 Å². The average molecular weight is 472 g/mol. The number of urea groups is 1. The Labute approximate surface area is 202 Å². The van der Waals surface area contributed by atoms with Gasteiger partial charge in [-0.3, -0.25) is 9.59 Å². The maximum absolute atomic E-state index is 12.3. The summed E-state index contributed by atoms with van der Waals surface area (Å²) in [6, 6.07) is 23.0. The van der Waals surface area contributed by atoms with Crippen LogP contribution in [0.4, 0.5) is 10.5 Å².